The van der Waals surface area contributed by atoms with E-state index in [9.17, 15) is 10.0 Å². The molecule has 2 rings (SSSR count). The first-order chi connectivity index (χ1) is 7.77. The van der Waals surface area contributed by atoms with Crippen LogP contribution in [-0.4, -0.2) is 17.2 Å². The quantitative estimate of drug-likeness (QED) is 0.723. The molecule has 0 aliphatic carbocycles. The third-order valence-corrected chi connectivity index (χ3v) is 2.29. The Morgan fingerprint density at radius 2 is 1.41 bits per heavy atom. The van der Waals surface area contributed by atoms with Crippen LogP contribution in [0.3, 0.4) is 0 Å². The third kappa shape index (κ3) is 3.49. The van der Waals surface area contributed by atoms with Crippen LogP contribution in [0.25, 0.3) is 0 Å². The zero-order valence-electron chi connectivity index (χ0n) is 9.08. The highest BCUT2D eigenvalue weighted by Crippen LogP contribution is 2.13. The molecule has 0 aliphatic heterocycles. The molecule has 0 heterocycles. The number of hydrogen-bond donors (Lipinski definition) is 3. The Morgan fingerprint density at radius 1 is 0.824 bits per heavy atom. The van der Waals surface area contributed by atoms with E-state index in [1.807, 2.05) is 42.5 Å². The Hall–Kier alpha value is -1.49. The van der Waals surface area contributed by atoms with Gasteiger partial charge in [0.15, 0.2) is 0 Å². The number of benzene rings is 2. The fraction of sp³-hybridized carbons (Fsp3) is 0. The number of halogens is 1. The van der Waals surface area contributed by atoms with Gasteiger partial charge in [-0.25, -0.2) is 0 Å². The lowest BCUT2D eigenvalue weighted by molar-refractivity contribution is 0.426. The fourth-order valence-electron chi connectivity index (χ4n) is 1.51. The zero-order valence-corrected chi connectivity index (χ0v) is 9.89. The lowest BCUT2D eigenvalue weighted by atomic mass is 9.79. The third-order valence-electron chi connectivity index (χ3n) is 2.29. The summed E-state index contributed by atoms with van der Waals surface area (Å²) in [6.07, 6.45) is 0. The van der Waals surface area contributed by atoms with Crippen molar-refractivity contribution >= 4 is 36.4 Å². The first-order valence-corrected chi connectivity index (χ1v) is 5.04. The molecular formula is C12H13BClNO2. The molecule has 3 nitrogen and oxygen atoms in total. The SMILES string of the molecule is Cl.OB(O)c1ccccc1Nc1ccccc1. The van der Waals surface area contributed by atoms with Crippen molar-refractivity contribution in [3.05, 3.63) is 54.6 Å². The molecule has 0 radical (unpaired) electrons. The number of para-hydroxylation sites is 2. The summed E-state index contributed by atoms with van der Waals surface area (Å²) in [5.41, 5.74) is 2.07. The molecule has 0 unspecified atom stereocenters. The molecule has 0 aliphatic rings. The number of nitrogens with one attached hydrogen (secondary N) is 1. The smallest absolute Gasteiger partial charge is 0.423 e. The maximum absolute atomic E-state index is 9.20. The van der Waals surface area contributed by atoms with Gasteiger partial charge in [0.25, 0.3) is 0 Å². The van der Waals surface area contributed by atoms with Gasteiger partial charge < -0.3 is 15.4 Å². The summed E-state index contributed by atoms with van der Waals surface area (Å²) in [4.78, 5) is 0. The summed E-state index contributed by atoms with van der Waals surface area (Å²) in [6, 6.07) is 16.7. The van der Waals surface area contributed by atoms with Gasteiger partial charge in [-0.05, 0) is 18.2 Å². The molecule has 0 saturated heterocycles. The van der Waals surface area contributed by atoms with Crippen molar-refractivity contribution in [2.24, 2.45) is 0 Å². The van der Waals surface area contributed by atoms with Crippen molar-refractivity contribution in [2.45, 2.75) is 0 Å². The topological polar surface area (TPSA) is 52.5 Å². The van der Waals surface area contributed by atoms with Crippen molar-refractivity contribution in [1.82, 2.24) is 0 Å². The first kappa shape index (κ1) is 13.6. The summed E-state index contributed by atoms with van der Waals surface area (Å²) >= 11 is 0. The zero-order chi connectivity index (χ0) is 11.4. The van der Waals surface area contributed by atoms with E-state index < -0.39 is 7.12 Å². The molecule has 0 fully saturated rings. The number of rotatable bonds is 3. The molecule has 0 saturated carbocycles. The lowest BCUT2D eigenvalue weighted by Crippen LogP contribution is -2.31. The first-order valence-electron chi connectivity index (χ1n) is 5.04. The molecule has 3 N–H and O–H groups in total. The molecule has 0 atom stereocenters. The van der Waals surface area contributed by atoms with Gasteiger partial charge in [-0.1, -0.05) is 36.4 Å². The van der Waals surface area contributed by atoms with Crippen molar-refractivity contribution in [2.75, 3.05) is 5.32 Å². The van der Waals surface area contributed by atoms with Gasteiger partial charge in [-0.3, -0.25) is 0 Å². The second-order valence-corrected chi connectivity index (χ2v) is 3.45. The van der Waals surface area contributed by atoms with Crippen molar-refractivity contribution in [3.63, 3.8) is 0 Å². The van der Waals surface area contributed by atoms with Crippen LogP contribution in [0.5, 0.6) is 0 Å². The summed E-state index contributed by atoms with van der Waals surface area (Å²) in [5, 5.41) is 21.5. The second kappa shape index (κ2) is 6.30. The maximum atomic E-state index is 9.20. The number of anilines is 2. The molecule has 2 aromatic rings. The molecule has 2 aromatic carbocycles. The van der Waals surface area contributed by atoms with Gasteiger partial charge in [-0.2, -0.15) is 0 Å². The molecule has 0 amide bonds. The van der Waals surface area contributed by atoms with E-state index in [0.29, 0.717) is 11.2 Å². The van der Waals surface area contributed by atoms with Crippen LogP contribution in [0.4, 0.5) is 11.4 Å². The largest absolute Gasteiger partial charge is 0.490 e. The van der Waals surface area contributed by atoms with E-state index in [0.717, 1.165) is 5.69 Å². The van der Waals surface area contributed by atoms with Gasteiger partial charge in [0.1, 0.15) is 0 Å². The average molecular weight is 250 g/mol. The van der Waals surface area contributed by atoms with Gasteiger partial charge in [0.05, 0.1) is 0 Å². The van der Waals surface area contributed by atoms with E-state index in [2.05, 4.69) is 5.32 Å². The highest BCUT2D eigenvalue weighted by molar-refractivity contribution is 6.60. The summed E-state index contributed by atoms with van der Waals surface area (Å²) < 4.78 is 0. The van der Waals surface area contributed by atoms with Crippen LogP contribution in [0.2, 0.25) is 0 Å². The van der Waals surface area contributed by atoms with Gasteiger partial charge >= 0.3 is 7.12 Å². The predicted octanol–water partition coefficient (Wildman–Crippen LogP) is 1.53. The van der Waals surface area contributed by atoms with Gasteiger partial charge in [0, 0.05) is 16.8 Å². The molecular weight excluding hydrogens is 236 g/mol. The second-order valence-electron chi connectivity index (χ2n) is 3.45. The molecule has 17 heavy (non-hydrogen) atoms. The molecule has 0 bridgehead atoms. The van der Waals surface area contributed by atoms with Crippen LogP contribution >= 0.6 is 12.4 Å². The normalized spacial score (nSPS) is 9.29. The lowest BCUT2D eigenvalue weighted by Gasteiger charge is -2.11. The molecule has 5 heteroatoms. The van der Waals surface area contributed by atoms with E-state index in [1.165, 1.54) is 0 Å². The maximum Gasteiger partial charge on any atom is 0.490 e. The van der Waals surface area contributed by atoms with Crippen LogP contribution in [-0.2, 0) is 0 Å². The highest BCUT2D eigenvalue weighted by Gasteiger charge is 2.14. The minimum Gasteiger partial charge on any atom is -0.423 e. The van der Waals surface area contributed by atoms with E-state index in [-0.39, 0.29) is 12.4 Å². The Balaban J connectivity index is 0.00000144. The van der Waals surface area contributed by atoms with Crippen molar-refractivity contribution in [1.29, 1.82) is 0 Å². The average Bonchev–Trinajstić information content (AvgIpc) is 2.31. The molecule has 88 valence electrons. The van der Waals surface area contributed by atoms with Crippen LogP contribution in [0, 0.1) is 0 Å². The van der Waals surface area contributed by atoms with Gasteiger partial charge in [-0.15, -0.1) is 12.4 Å². The van der Waals surface area contributed by atoms with E-state index in [4.69, 9.17) is 0 Å². The van der Waals surface area contributed by atoms with Crippen LogP contribution < -0.4 is 10.8 Å². The fourth-order valence-corrected chi connectivity index (χ4v) is 1.51. The van der Waals surface area contributed by atoms with Crippen molar-refractivity contribution < 1.29 is 10.0 Å². The summed E-state index contributed by atoms with van der Waals surface area (Å²) in [6.45, 7) is 0. The van der Waals surface area contributed by atoms with Crippen LogP contribution in [0.15, 0.2) is 54.6 Å². The van der Waals surface area contributed by atoms with E-state index >= 15 is 0 Å². The van der Waals surface area contributed by atoms with Crippen molar-refractivity contribution in [3.8, 4) is 0 Å². The highest BCUT2D eigenvalue weighted by atomic mass is 35.5. The Morgan fingerprint density at radius 3 is 2.06 bits per heavy atom. The number of hydrogen-bond acceptors (Lipinski definition) is 3. The summed E-state index contributed by atoms with van der Waals surface area (Å²) in [7, 11) is -1.47. The van der Waals surface area contributed by atoms with Crippen LogP contribution in [0.1, 0.15) is 0 Å². The monoisotopic (exact) mass is 249 g/mol. The minimum absolute atomic E-state index is 0. The standard InChI is InChI=1S/C12H12BNO2.ClH/c15-13(16)11-8-4-5-9-12(11)14-10-6-2-1-3-7-10;/h1-9,14-16H;1H. The molecule has 0 spiro atoms. The predicted molar refractivity (Wildman–Crippen MR) is 73.2 cm³/mol. The van der Waals surface area contributed by atoms with Gasteiger partial charge in [0.2, 0.25) is 0 Å². The summed E-state index contributed by atoms with van der Waals surface area (Å²) in [5.74, 6) is 0. The molecule has 0 aromatic heterocycles. The Kier molecular flexibility index (Phi) is 5.03. The minimum atomic E-state index is -1.47. The Bertz CT molecular complexity index is 465. The van der Waals surface area contributed by atoms with E-state index in [1.54, 1.807) is 12.1 Å². The Labute approximate surface area is 107 Å².